The Balaban J connectivity index is 0.890. The summed E-state index contributed by atoms with van der Waals surface area (Å²) in [7, 11) is 0. The van der Waals surface area contributed by atoms with Crippen LogP contribution in [0.1, 0.15) is 208 Å². The van der Waals surface area contributed by atoms with E-state index in [0.29, 0.717) is 148 Å². The molecular formula is C88H72N4O10. The SMILES string of the molecule is CCCC(CCC)N1C(=O)c2ccc3c4ccc5c6c(cc(-c7ccc(-c8cc9c%10c(ccc%11c%12ccc%13c%14c(ccc(c8c%10%11)c%14%12)C(=O)N(C(CCC)CCC)C%13=O)C(=O)N(C(CCC)CCC)C9=O)cc7)c(c7ccc(c2c37)C1=O)c64)C(=O)N(c1ccc(OC(=O)CC2=C=CC=C2)cc1)C5=O. The molecule has 17 rings (SSSR count). The second kappa shape index (κ2) is 24.4. The fraction of sp³-hybridized carbons (Fsp3) is 0.250. The number of hydrogen-bond acceptors (Lipinski definition) is 10. The number of amides is 8. The molecule has 102 heavy (non-hydrogen) atoms. The molecule has 8 amide bonds. The predicted octanol–water partition coefficient (Wildman–Crippen LogP) is 19.6. The number of rotatable bonds is 21. The van der Waals surface area contributed by atoms with Crippen LogP contribution in [0.25, 0.3) is 108 Å². The number of allylic oxidation sites excluding steroid dienone is 2. The lowest BCUT2D eigenvalue weighted by molar-refractivity contribution is -0.133. The minimum Gasteiger partial charge on any atom is -0.426 e. The van der Waals surface area contributed by atoms with Gasteiger partial charge in [0.05, 0.1) is 12.1 Å². The smallest absolute Gasteiger partial charge is 0.316 e. The monoisotopic (exact) mass is 1340 g/mol. The van der Waals surface area contributed by atoms with Crippen molar-refractivity contribution in [2.75, 3.05) is 4.90 Å². The minimum atomic E-state index is -0.582. The maximum absolute atomic E-state index is 15.7. The fourth-order valence-corrected chi connectivity index (χ4v) is 18.0. The molecule has 1 aliphatic carbocycles. The summed E-state index contributed by atoms with van der Waals surface area (Å²) in [6, 6.07) is 39.6. The molecule has 0 N–H and O–H groups in total. The van der Waals surface area contributed by atoms with Crippen molar-refractivity contribution in [1.82, 2.24) is 14.7 Å². The second-order valence-corrected chi connectivity index (χ2v) is 28.2. The Kier molecular flexibility index (Phi) is 15.3. The van der Waals surface area contributed by atoms with E-state index in [-0.39, 0.29) is 82.6 Å². The number of imide groups is 4. The molecule has 4 heterocycles. The maximum Gasteiger partial charge on any atom is 0.316 e. The molecule has 0 saturated heterocycles. The van der Waals surface area contributed by atoms with E-state index in [1.54, 1.807) is 48.6 Å². The Bertz CT molecular complexity index is 5830. The molecule has 12 aromatic carbocycles. The van der Waals surface area contributed by atoms with Crippen LogP contribution in [0.5, 0.6) is 5.75 Å². The first-order chi connectivity index (χ1) is 49.6. The lowest BCUT2D eigenvalue weighted by Crippen LogP contribution is -2.47. The highest BCUT2D eigenvalue weighted by Gasteiger charge is 2.44. The molecule has 14 heteroatoms. The van der Waals surface area contributed by atoms with Crippen LogP contribution in [0.15, 0.2) is 163 Å². The lowest BCUT2D eigenvalue weighted by atomic mass is 9.78. The van der Waals surface area contributed by atoms with Crippen molar-refractivity contribution < 1.29 is 47.9 Å². The quantitative estimate of drug-likeness (QED) is 0.0168. The van der Waals surface area contributed by atoms with Crippen molar-refractivity contribution in [2.24, 2.45) is 0 Å². The summed E-state index contributed by atoms with van der Waals surface area (Å²) in [5.41, 5.74) is 9.74. The van der Waals surface area contributed by atoms with Crippen LogP contribution in [0.4, 0.5) is 5.69 Å². The number of nitrogens with zero attached hydrogens (tertiary/aromatic N) is 4. The van der Waals surface area contributed by atoms with Crippen molar-refractivity contribution in [2.45, 2.75) is 143 Å². The van der Waals surface area contributed by atoms with Crippen LogP contribution in [0.3, 0.4) is 0 Å². The van der Waals surface area contributed by atoms with Gasteiger partial charge in [-0.2, -0.15) is 0 Å². The Morgan fingerprint density at radius 1 is 0.343 bits per heavy atom. The Morgan fingerprint density at radius 3 is 1.03 bits per heavy atom. The van der Waals surface area contributed by atoms with E-state index >= 15 is 28.8 Å². The number of anilines is 1. The summed E-state index contributed by atoms with van der Waals surface area (Å²) in [4.78, 5) is 140. The topological polar surface area (TPSA) is 176 Å². The van der Waals surface area contributed by atoms with Gasteiger partial charge in [-0.3, -0.25) is 57.9 Å². The number of ether oxygens (including phenoxy) is 1. The Morgan fingerprint density at radius 2 is 0.667 bits per heavy atom. The van der Waals surface area contributed by atoms with Gasteiger partial charge in [0.25, 0.3) is 47.3 Å². The van der Waals surface area contributed by atoms with Crippen molar-refractivity contribution in [3.05, 3.63) is 208 Å². The normalized spacial score (nSPS) is 15.1. The van der Waals surface area contributed by atoms with E-state index in [9.17, 15) is 14.4 Å². The van der Waals surface area contributed by atoms with Crippen molar-refractivity contribution in [3.8, 4) is 28.0 Å². The second-order valence-electron chi connectivity index (χ2n) is 28.2. The molecule has 0 spiro atoms. The van der Waals surface area contributed by atoms with E-state index < -0.39 is 17.8 Å². The number of carbonyl (C=O) groups is 9. The van der Waals surface area contributed by atoms with Crippen LogP contribution in [-0.4, -0.2) is 86.1 Å². The van der Waals surface area contributed by atoms with Gasteiger partial charge in [-0.05, 0) is 204 Å². The summed E-state index contributed by atoms with van der Waals surface area (Å²) in [5, 5.41) is 10.9. The summed E-state index contributed by atoms with van der Waals surface area (Å²) in [6.07, 6.45) is 14.0. The highest BCUT2D eigenvalue weighted by molar-refractivity contribution is 6.47. The number of carbonyl (C=O) groups excluding carboxylic acids is 9. The number of esters is 1. The standard InChI is InChI=1S/C88H72N4O10/c1-7-15-49(16-8-2)89-81(94)60-37-31-54-56-33-39-64-77-68(87(100)91(85(64)98)51(19-11-5)20-12-6)44-66(73(79(56)77)58-35-41-62(83(89)96)75(60)71(54)58)47-23-25-48(26-24-47)67-45-69-78-65(86(99)92(88(69)101)52-27-29-53(30-28-52)102-70(93)43-46-21-13-14-22-46)40-34-57-55-32-38-61-76-63(42-36-59(72(55)76)74(67)80(57)78)84(97)90(82(61)95)50(17-9-3)18-10-4/h13-14,21,23-42,44-45,49-51H,7-12,15-20,43H2,1-6H3. The molecule has 12 aromatic rings. The van der Waals surface area contributed by atoms with Crippen molar-refractivity contribution in [1.29, 1.82) is 0 Å². The largest absolute Gasteiger partial charge is 0.426 e. The third kappa shape index (κ3) is 9.20. The average molecular weight is 1350 g/mol. The van der Waals surface area contributed by atoms with Crippen LogP contribution in [-0.2, 0) is 4.79 Å². The van der Waals surface area contributed by atoms with Gasteiger partial charge in [0, 0.05) is 89.8 Å². The van der Waals surface area contributed by atoms with Gasteiger partial charge >= 0.3 is 5.97 Å². The van der Waals surface area contributed by atoms with Crippen LogP contribution < -0.4 is 9.64 Å². The predicted molar refractivity (Wildman–Crippen MR) is 401 cm³/mol. The van der Waals surface area contributed by atoms with Crippen molar-refractivity contribution >= 4 is 145 Å². The summed E-state index contributed by atoms with van der Waals surface area (Å²) < 4.78 is 5.69. The van der Waals surface area contributed by atoms with Gasteiger partial charge in [0.15, 0.2) is 0 Å². The van der Waals surface area contributed by atoms with E-state index in [1.165, 1.54) is 14.7 Å². The third-order valence-corrected chi connectivity index (χ3v) is 22.2. The number of hydrogen-bond donors (Lipinski definition) is 0. The highest BCUT2D eigenvalue weighted by Crippen LogP contribution is 2.54. The Labute approximate surface area is 588 Å². The van der Waals surface area contributed by atoms with E-state index in [4.69, 9.17) is 4.74 Å². The van der Waals surface area contributed by atoms with Crippen LogP contribution in [0.2, 0.25) is 0 Å². The lowest BCUT2D eigenvalue weighted by Gasteiger charge is -2.35. The molecule has 0 unspecified atom stereocenters. The van der Waals surface area contributed by atoms with Gasteiger partial charge in [-0.25, -0.2) is 4.90 Å². The molecule has 0 bridgehead atoms. The fourth-order valence-electron chi connectivity index (χ4n) is 18.0. The molecule has 0 saturated carbocycles. The summed E-state index contributed by atoms with van der Waals surface area (Å²) in [5.74, 6) is -3.47. The van der Waals surface area contributed by atoms with E-state index in [0.717, 1.165) is 81.1 Å². The van der Waals surface area contributed by atoms with E-state index in [1.807, 2.05) is 103 Å². The van der Waals surface area contributed by atoms with Gasteiger partial charge < -0.3 is 4.74 Å². The number of benzene rings is 12. The maximum atomic E-state index is 15.7. The zero-order chi connectivity index (χ0) is 70.4. The minimum absolute atomic E-state index is 0.0105. The Hall–Kier alpha value is -11.5. The molecule has 14 nitrogen and oxygen atoms in total. The molecule has 5 aliphatic rings. The first kappa shape index (κ1) is 63.9. The highest BCUT2D eigenvalue weighted by atomic mass is 16.5. The van der Waals surface area contributed by atoms with Gasteiger partial charge in [0.2, 0.25) is 0 Å². The number of fused-ring (bicyclic) bond motifs is 4. The summed E-state index contributed by atoms with van der Waals surface area (Å²) >= 11 is 0. The molecule has 0 radical (unpaired) electrons. The van der Waals surface area contributed by atoms with Gasteiger partial charge in [-0.1, -0.05) is 153 Å². The van der Waals surface area contributed by atoms with Gasteiger partial charge in [0.1, 0.15) is 5.75 Å². The molecular weight excluding hydrogens is 1270 g/mol. The van der Waals surface area contributed by atoms with E-state index in [2.05, 4.69) is 47.3 Å². The van der Waals surface area contributed by atoms with Crippen LogP contribution >= 0.6 is 0 Å². The van der Waals surface area contributed by atoms with Crippen LogP contribution in [0, 0.1) is 0 Å². The molecule has 0 aromatic heterocycles. The zero-order valence-corrected chi connectivity index (χ0v) is 57.7. The summed E-state index contributed by atoms with van der Waals surface area (Å²) in [6.45, 7) is 12.4. The third-order valence-electron chi connectivity index (χ3n) is 22.2. The molecule has 504 valence electrons. The van der Waals surface area contributed by atoms with Crippen molar-refractivity contribution in [3.63, 3.8) is 0 Å². The zero-order valence-electron chi connectivity index (χ0n) is 57.7. The first-order valence-electron chi connectivity index (χ1n) is 36.2. The molecule has 4 aliphatic heterocycles. The molecule has 0 atom stereocenters. The molecule has 0 fully saturated rings. The first-order valence-corrected chi connectivity index (χ1v) is 36.2. The average Bonchev–Trinajstić information content (AvgIpc) is 0.768. The van der Waals surface area contributed by atoms with Gasteiger partial charge in [-0.15, -0.1) is 5.73 Å².